The van der Waals surface area contributed by atoms with Crippen molar-refractivity contribution in [2.45, 2.75) is 58.0 Å². The standard InChI is InChI=1S/C39H40BrClN6O5/c40-38-28(7-5-9-31(38)30-8-6-10-35-32(30)22-45-47(35)14-4-3-13-46-11-1-2-12-46)25-52-37-17-36(51-24-27-15-26(18-42)19-43-20-27)29(16-33(37)41)21-44-34(23-48)39(49)50/h5-10,15-17,19-20,22,34,44,48H,1-4,11-14,21,23-25H2,(H,49,50). The normalized spacial score (nSPS) is 13.7. The highest BCUT2D eigenvalue weighted by atomic mass is 79.9. The molecule has 0 spiro atoms. The van der Waals surface area contributed by atoms with Crippen LogP contribution in [0.4, 0.5) is 0 Å². The minimum atomic E-state index is -1.18. The van der Waals surface area contributed by atoms with Gasteiger partial charge < -0.3 is 24.6 Å². The fourth-order valence-corrected chi connectivity index (χ4v) is 7.22. The van der Waals surface area contributed by atoms with E-state index in [0.29, 0.717) is 33.2 Å². The van der Waals surface area contributed by atoms with Gasteiger partial charge in [-0.1, -0.05) is 41.9 Å². The van der Waals surface area contributed by atoms with Crippen molar-refractivity contribution in [1.29, 1.82) is 5.26 Å². The van der Waals surface area contributed by atoms with Crippen molar-refractivity contribution in [2.24, 2.45) is 0 Å². The van der Waals surface area contributed by atoms with Crippen molar-refractivity contribution >= 4 is 44.4 Å². The number of carbonyl (C=O) groups is 1. The second kappa shape index (κ2) is 17.8. The third kappa shape index (κ3) is 9.10. The van der Waals surface area contributed by atoms with Gasteiger partial charge in [0.15, 0.2) is 0 Å². The summed E-state index contributed by atoms with van der Waals surface area (Å²) < 4.78 is 15.4. The Hall–Kier alpha value is -4.51. The van der Waals surface area contributed by atoms with Crippen LogP contribution in [0, 0.1) is 11.3 Å². The quantitative estimate of drug-likeness (QED) is 0.0847. The molecule has 13 heteroatoms. The average Bonchev–Trinajstić information content (AvgIpc) is 3.83. The second-order valence-corrected chi connectivity index (χ2v) is 14.0. The summed E-state index contributed by atoms with van der Waals surface area (Å²) in [6.45, 7) is 4.22. The number of benzene rings is 3. The Bertz CT molecular complexity index is 2060. The molecule has 0 amide bonds. The molecular formula is C39H40BrClN6O5. The van der Waals surface area contributed by atoms with E-state index in [2.05, 4.69) is 66.1 Å². The molecule has 5 aromatic rings. The zero-order valence-electron chi connectivity index (χ0n) is 28.6. The molecule has 0 bridgehead atoms. The predicted octanol–water partition coefficient (Wildman–Crippen LogP) is 6.95. The highest BCUT2D eigenvalue weighted by Crippen LogP contribution is 2.38. The van der Waals surface area contributed by atoms with Crippen LogP contribution in [-0.2, 0) is 31.1 Å². The lowest BCUT2D eigenvalue weighted by Crippen LogP contribution is -2.39. The molecule has 270 valence electrons. The lowest BCUT2D eigenvalue weighted by atomic mass is 10.00. The fourth-order valence-electron chi connectivity index (χ4n) is 6.39. The highest BCUT2D eigenvalue weighted by Gasteiger charge is 2.19. The number of pyridine rings is 1. The summed E-state index contributed by atoms with van der Waals surface area (Å²) in [5, 5.41) is 37.1. The lowest BCUT2D eigenvalue weighted by Gasteiger charge is -2.18. The molecule has 3 N–H and O–H groups in total. The number of aliphatic hydroxyl groups is 1. The Morgan fingerprint density at radius 2 is 1.75 bits per heavy atom. The minimum Gasteiger partial charge on any atom is -0.488 e. The number of carboxylic acids is 1. The molecule has 11 nitrogen and oxygen atoms in total. The van der Waals surface area contributed by atoms with Crippen LogP contribution in [-0.4, -0.2) is 68.1 Å². The van der Waals surface area contributed by atoms with Crippen LogP contribution in [0.15, 0.2) is 77.7 Å². The predicted molar refractivity (Wildman–Crippen MR) is 202 cm³/mol. The third-order valence-electron chi connectivity index (χ3n) is 9.19. The number of aliphatic hydroxyl groups excluding tert-OH is 1. The number of carboxylic acid groups (broad SMARTS) is 1. The molecule has 6 rings (SSSR count). The Morgan fingerprint density at radius 3 is 2.54 bits per heavy atom. The number of aliphatic carboxylic acids is 1. The fraction of sp³-hybridized carbons (Fsp3) is 0.333. The van der Waals surface area contributed by atoms with Crippen LogP contribution in [0.3, 0.4) is 0 Å². The van der Waals surface area contributed by atoms with Crippen molar-refractivity contribution in [3.8, 4) is 28.7 Å². The number of likely N-dealkylation sites (tertiary alicyclic amines) is 1. The van der Waals surface area contributed by atoms with Gasteiger partial charge in [-0.15, -0.1) is 0 Å². The Balaban J connectivity index is 1.19. The molecule has 0 radical (unpaired) electrons. The summed E-state index contributed by atoms with van der Waals surface area (Å²) >= 11 is 10.6. The number of hydrogen-bond acceptors (Lipinski definition) is 9. The summed E-state index contributed by atoms with van der Waals surface area (Å²) in [4.78, 5) is 18.1. The molecule has 1 aliphatic heterocycles. The van der Waals surface area contributed by atoms with Gasteiger partial charge in [0, 0.05) is 58.1 Å². The lowest BCUT2D eigenvalue weighted by molar-refractivity contribution is -0.140. The Kier molecular flexibility index (Phi) is 12.8. The van der Waals surface area contributed by atoms with Gasteiger partial charge in [-0.3, -0.25) is 19.8 Å². The third-order valence-corrected chi connectivity index (χ3v) is 10.4. The van der Waals surface area contributed by atoms with Crippen molar-refractivity contribution in [3.05, 3.63) is 105 Å². The molecule has 1 atom stereocenters. The number of halogens is 2. The average molecular weight is 788 g/mol. The van der Waals surface area contributed by atoms with E-state index in [9.17, 15) is 20.3 Å². The van der Waals surface area contributed by atoms with Crippen LogP contribution < -0.4 is 14.8 Å². The van der Waals surface area contributed by atoms with Crippen molar-refractivity contribution in [1.82, 2.24) is 25.0 Å². The maximum absolute atomic E-state index is 11.5. The number of fused-ring (bicyclic) bond motifs is 1. The van der Waals surface area contributed by atoms with Crippen LogP contribution in [0.25, 0.3) is 22.0 Å². The van der Waals surface area contributed by atoms with Gasteiger partial charge in [-0.05, 0) is 90.6 Å². The largest absolute Gasteiger partial charge is 0.488 e. The monoisotopic (exact) mass is 786 g/mol. The van der Waals surface area contributed by atoms with E-state index in [1.165, 1.54) is 32.1 Å². The Morgan fingerprint density at radius 1 is 0.981 bits per heavy atom. The van der Waals surface area contributed by atoms with Crippen molar-refractivity contribution < 1.29 is 24.5 Å². The summed E-state index contributed by atoms with van der Waals surface area (Å²) in [6, 6.07) is 18.2. The van der Waals surface area contributed by atoms with E-state index in [0.717, 1.165) is 58.0 Å². The summed E-state index contributed by atoms with van der Waals surface area (Å²) in [6.07, 6.45) is 9.89. The Labute approximate surface area is 315 Å². The maximum atomic E-state index is 11.5. The maximum Gasteiger partial charge on any atom is 0.323 e. The number of hydrogen-bond donors (Lipinski definition) is 3. The molecule has 2 aromatic heterocycles. The van der Waals surface area contributed by atoms with Crippen LogP contribution in [0.1, 0.15) is 47.9 Å². The topological polar surface area (TPSA) is 146 Å². The first-order valence-electron chi connectivity index (χ1n) is 17.3. The second-order valence-electron chi connectivity index (χ2n) is 12.8. The molecule has 1 unspecified atom stereocenters. The van der Waals surface area contributed by atoms with E-state index in [-0.39, 0.29) is 19.8 Å². The van der Waals surface area contributed by atoms with Gasteiger partial charge in [0.25, 0.3) is 0 Å². The number of ether oxygens (including phenoxy) is 2. The van der Waals surface area contributed by atoms with E-state index in [1.54, 1.807) is 24.4 Å². The number of nitrogens with zero attached hydrogens (tertiary/aromatic N) is 5. The van der Waals surface area contributed by atoms with Crippen LogP contribution >= 0.6 is 27.5 Å². The van der Waals surface area contributed by atoms with Crippen molar-refractivity contribution in [3.63, 3.8) is 0 Å². The summed E-state index contributed by atoms with van der Waals surface area (Å²) in [7, 11) is 0. The van der Waals surface area contributed by atoms with Gasteiger partial charge in [0.1, 0.15) is 36.8 Å². The van der Waals surface area contributed by atoms with Gasteiger partial charge in [0.2, 0.25) is 0 Å². The van der Waals surface area contributed by atoms with Crippen molar-refractivity contribution in [2.75, 3.05) is 26.2 Å². The van der Waals surface area contributed by atoms with Crippen LogP contribution in [0.5, 0.6) is 11.5 Å². The molecule has 52 heavy (non-hydrogen) atoms. The van der Waals surface area contributed by atoms with Gasteiger partial charge >= 0.3 is 5.97 Å². The minimum absolute atomic E-state index is 0.0532. The molecule has 1 saturated heterocycles. The molecule has 1 aliphatic rings. The van der Waals surface area contributed by atoms with E-state index < -0.39 is 18.6 Å². The van der Waals surface area contributed by atoms with E-state index in [1.807, 2.05) is 18.3 Å². The molecule has 1 fully saturated rings. The summed E-state index contributed by atoms with van der Waals surface area (Å²) in [5.41, 5.74) is 5.72. The number of unbranched alkanes of at least 4 members (excludes halogenated alkanes) is 1. The number of aromatic nitrogens is 3. The van der Waals surface area contributed by atoms with Gasteiger partial charge in [-0.25, -0.2) is 0 Å². The molecule has 0 saturated carbocycles. The number of aryl methyl sites for hydroxylation is 1. The molecule has 0 aliphatic carbocycles. The number of rotatable bonds is 17. The first-order valence-corrected chi connectivity index (χ1v) is 18.5. The molecule has 3 aromatic carbocycles. The number of nitriles is 1. The highest BCUT2D eigenvalue weighted by molar-refractivity contribution is 9.10. The SMILES string of the molecule is N#Cc1cncc(COc2cc(OCc3cccc(-c4cccc5c4cnn5CCCCN4CCCC4)c3Br)c(Cl)cc2CNC(CO)C(=O)O)c1. The molecule has 3 heterocycles. The van der Waals surface area contributed by atoms with Gasteiger partial charge in [-0.2, -0.15) is 10.4 Å². The van der Waals surface area contributed by atoms with Gasteiger partial charge in [0.05, 0.1) is 28.9 Å². The smallest absolute Gasteiger partial charge is 0.323 e. The zero-order valence-corrected chi connectivity index (χ0v) is 30.9. The van der Waals surface area contributed by atoms with E-state index >= 15 is 0 Å². The first kappa shape index (κ1) is 37.3. The van der Waals surface area contributed by atoms with Crippen LogP contribution in [0.2, 0.25) is 5.02 Å². The number of nitrogens with one attached hydrogen (secondary N) is 1. The first-order chi connectivity index (χ1) is 25.3. The zero-order chi connectivity index (χ0) is 36.5. The summed E-state index contributed by atoms with van der Waals surface area (Å²) in [5.74, 6) is -0.424. The molecular weight excluding hydrogens is 748 g/mol. The van der Waals surface area contributed by atoms with E-state index in [4.69, 9.17) is 26.2 Å².